The predicted molar refractivity (Wildman–Crippen MR) is 118 cm³/mol. The van der Waals surface area contributed by atoms with Gasteiger partial charge in [0.05, 0.1) is 23.0 Å². The number of hydrogen-bond donors (Lipinski definition) is 2. The summed E-state index contributed by atoms with van der Waals surface area (Å²) in [7, 11) is 0. The van der Waals surface area contributed by atoms with Gasteiger partial charge < -0.3 is 10.6 Å². The average molecular weight is 491 g/mol. The van der Waals surface area contributed by atoms with Gasteiger partial charge in [-0.05, 0) is 42.0 Å². The van der Waals surface area contributed by atoms with Crippen molar-refractivity contribution in [2.45, 2.75) is 10.3 Å². The molecule has 4 nitrogen and oxygen atoms in total. The minimum Gasteiger partial charge on any atom is -0.341 e. The van der Waals surface area contributed by atoms with Crippen molar-refractivity contribution in [3.63, 3.8) is 0 Å². The number of terminal acetylenes is 1. The highest BCUT2D eigenvalue weighted by molar-refractivity contribution is 6.53. The molecule has 0 spiro atoms. The molecule has 2 aromatic rings. The van der Waals surface area contributed by atoms with Crippen LogP contribution in [0.25, 0.3) is 0 Å². The quantitative estimate of drug-likeness (QED) is 0.427. The summed E-state index contributed by atoms with van der Waals surface area (Å²) in [4.78, 5) is 24.9. The lowest BCUT2D eigenvalue weighted by atomic mass is 10.1. The second-order valence-electron chi connectivity index (χ2n) is 6.40. The van der Waals surface area contributed by atoms with Crippen molar-refractivity contribution in [2.24, 2.45) is 5.92 Å². The second-order valence-corrected chi connectivity index (χ2v) is 9.13. The fourth-order valence-corrected chi connectivity index (χ4v) is 4.62. The molecule has 3 rings (SSSR count). The Kier molecular flexibility index (Phi) is 6.57. The van der Waals surface area contributed by atoms with Crippen LogP contribution >= 0.6 is 58.0 Å². The zero-order valence-corrected chi connectivity index (χ0v) is 18.4. The normalized spacial score (nSPS) is 19.2. The van der Waals surface area contributed by atoms with Gasteiger partial charge in [0, 0.05) is 21.7 Å². The molecule has 1 aliphatic carbocycles. The van der Waals surface area contributed by atoms with Crippen molar-refractivity contribution >= 4 is 75.5 Å². The summed E-state index contributed by atoms with van der Waals surface area (Å²) in [6.45, 7) is 0.0543. The van der Waals surface area contributed by atoms with Crippen molar-refractivity contribution in [2.75, 3.05) is 11.9 Å². The van der Waals surface area contributed by atoms with Crippen LogP contribution in [0.3, 0.4) is 0 Å². The molecule has 0 aromatic heterocycles. The third-order valence-corrected chi connectivity index (χ3v) is 6.12. The fourth-order valence-electron chi connectivity index (χ4n) is 3.05. The molecule has 1 fully saturated rings. The van der Waals surface area contributed by atoms with Crippen molar-refractivity contribution in [3.05, 3.63) is 62.6 Å². The first-order valence-corrected chi connectivity index (χ1v) is 10.2. The van der Waals surface area contributed by atoms with Crippen molar-refractivity contribution in [1.29, 1.82) is 0 Å². The molecule has 2 amide bonds. The standard InChI is InChI=1S/C20H13Cl5N2O2/c1-2-5-26-18(28)14-9-13(3-4-15(14)23)27-19(29)17-16(20(17,24)25)10-6-11(21)8-12(22)7-10/h1,3-4,6-9,16-17H,5H2,(H,26,28)(H,27,29)/t16-,17+/m0/s1. The van der Waals surface area contributed by atoms with Crippen LogP contribution in [0.15, 0.2) is 36.4 Å². The van der Waals surface area contributed by atoms with Gasteiger partial charge >= 0.3 is 0 Å². The summed E-state index contributed by atoms with van der Waals surface area (Å²) in [6.07, 6.45) is 5.14. The smallest absolute Gasteiger partial charge is 0.253 e. The zero-order valence-electron chi connectivity index (χ0n) is 14.6. The van der Waals surface area contributed by atoms with Gasteiger partial charge in [0.25, 0.3) is 5.91 Å². The Hall–Kier alpha value is -1.61. The topological polar surface area (TPSA) is 58.2 Å². The lowest BCUT2D eigenvalue weighted by Gasteiger charge is -2.09. The molecule has 0 heterocycles. The van der Waals surface area contributed by atoms with Crippen LogP contribution in [0.1, 0.15) is 21.8 Å². The number of carbonyl (C=O) groups excluding carboxylic acids is 2. The maximum absolute atomic E-state index is 12.8. The molecule has 9 heteroatoms. The molecule has 2 aromatic carbocycles. The Balaban J connectivity index is 1.78. The van der Waals surface area contributed by atoms with Gasteiger partial charge in [-0.25, -0.2) is 0 Å². The van der Waals surface area contributed by atoms with Crippen LogP contribution in [0.2, 0.25) is 15.1 Å². The lowest BCUT2D eigenvalue weighted by molar-refractivity contribution is -0.117. The molecular formula is C20H13Cl5N2O2. The van der Waals surface area contributed by atoms with E-state index in [4.69, 9.17) is 64.4 Å². The average Bonchev–Trinajstić information content (AvgIpc) is 3.22. The van der Waals surface area contributed by atoms with E-state index in [-0.39, 0.29) is 17.1 Å². The Labute approximate surface area is 192 Å². The van der Waals surface area contributed by atoms with Crippen LogP contribution < -0.4 is 10.6 Å². The van der Waals surface area contributed by atoms with Gasteiger partial charge in [0.1, 0.15) is 4.33 Å². The van der Waals surface area contributed by atoms with Gasteiger partial charge in [-0.3, -0.25) is 9.59 Å². The van der Waals surface area contributed by atoms with E-state index in [1.807, 2.05) is 0 Å². The Morgan fingerprint density at radius 3 is 2.34 bits per heavy atom. The molecular weight excluding hydrogens is 477 g/mol. The number of rotatable bonds is 5. The first-order valence-electron chi connectivity index (χ1n) is 8.31. The molecule has 0 aliphatic heterocycles. The number of benzene rings is 2. The van der Waals surface area contributed by atoms with Gasteiger partial charge in [-0.2, -0.15) is 0 Å². The van der Waals surface area contributed by atoms with Crippen LogP contribution in [0, 0.1) is 18.3 Å². The molecule has 0 bridgehead atoms. The molecule has 150 valence electrons. The van der Waals surface area contributed by atoms with Gasteiger partial charge in [0.2, 0.25) is 5.91 Å². The summed E-state index contributed by atoms with van der Waals surface area (Å²) in [5, 5.41) is 6.29. The highest BCUT2D eigenvalue weighted by Gasteiger charge is 2.67. The largest absolute Gasteiger partial charge is 0.341 e. The SMILES string of the molecule is C#CCNC(=O)c1cc(NC(=O)[C@H]2[C@H](c3cc(Cl)cc(Cl)c3)C2(Cl)Cl)ccc1Cl. The maximum Gasteiger partial charge on any atom is 0.253 e. The summed E-state index contributed by atoms with van der Waals surface area (Å²) in [5.41, 5.74) is 1.21. The monoisotopic (exact) mass is 488 g/mol. The van der Waals surface area contributed by atoms with Crippen molar-refractivity contribution in [3.8, 4) is 12.3 Å². The van der Waals surface area contributed by atoms with Crippen LogP contribution in [0.4, 0.5) is 5.69 Å². The lowest BCUT2D eigenvalue weighted by Crippen LogP contribution is -2.24. The van der Waals surface area contributed by atoms with Gasteiger partial charge in [-0.15, -0.1) is 29.6 Å². The van der Waals surface area contributed by atoms with Crippen molar-refractivity contribution < 1.29 is 9.59 Å². The van der Waals surface area contributed by atoms with E-state index in [1.54, 1.807) is 24.3 Å². The molecule has 29 heavy (non-hydrogen) atoms. The number of amides is 2. The van der Waals surface area contributed by atoms with Crippen LogP contribution in [-0.2, 0) is 4.79 Å². The molecule has 0 saturated heterocycles. The minimum atomic E-state index is -1.31. The Bertz CT molecular complexity index is 1010. The molecule has 2 N–H and O–H groups in total. The van der Waals surface area contributed by atoms with Gasteiger partial charge in [0.15, 0.2) is 0 Å². The number of hydrogen-bond acceptors (Lipinski definition) is 2. The zero-order chi connectivity index (χ0) is 21.3. The number of halogens is 5. The van der Waals surface area contributed by atoms with E-state index in [0.717, 1.165) is 0 Å². The third kappa shape index (κ3) is 4.77. The molecule has 1 saturated carbocycles. The number of alkyl halides is 2. The summed E-state index contributed by atoms with van der Waals surface area (Å²) >= 11 is 30.8. The van der Waals surface area contributed by atoms with E-state index in [1.165, 1.54) is 12.1 Å². The van der Waals surface area contributed by atoms with E-state index in [9.17, 15) is 9.59 Å². The molecule has 0 unspecified atom stereocenters. The first-order chi connectivity index (χ1) is 13.6. The van der Waals surface area contributed by atoms with Gasteiger partial charge in [-0.1, -0.05) is 40.7 Å². The number of nitrogens with one attached hydrogen (secondary N) is 2. The summed E-state index contributed by atoms with van der Waals surface area (Å²) in [5.74, 6) is 0.235. The molecule has 0 radical (unpaired) electrons. The highest BCUT2D eigenvalue weighted by atomic mass is 35.5. The Morgan fingerprint density at radius 1 is 1.07 bits per heavy atom. The molecule has 2 atom stereocenters. The van der Waals surface area contributed by atoms with Crippen molar-refractivity contribution in [1.82, 2.24) is 5.32 Å². The summed E-state index contributed by atoms with van der Waals surface area (Å²) < 4.78 is -1.31. The summed E-state index contributed by atoms with van der Waals surface area (Å²) in [6, 6.07) is 9.43. The maximum atomic E-state index is 12.8. The second kappa shape index (κ2) is 8.63. The predicted octanol–water partition coefficient (Wildman–Crippen LogP) is 5.54. The fraction of sp³-hybridized carbons (Fsp3) is 0.200. The Morgan fingerprint density at radius 2 is 1.72 bits per heavy atom. The highest BCUT2D eigenvalue weighted by Crippen LogP contribution is 2.65. The van der Waals surface area contributed by atoms with Crippen LogP contribution in [0.5, 0.6) is 0 Å². The minimum absolute atomic E-state index is 0.0543. The number of carbonyl (C=O) groups is 2. The first kappa shape index (κ1) is 22.1. The van der Waals surface area contributed by atoms with E-state index in [0.29, 0.717) is 21.3 Å². The molecule has 1 aliphatic rings. The number of anilines is 1. The van der Waals surface area contributed by atoms with E-state index in [2.05, 4.69) is 16.6 Å². The van der Waals surface area contributed by atoms with E-state index >= 15 is 0 Å². The third-order valence-electron chi connectivity index (χ3n) is 4.41. The van der Waals surface area contributed by atoms with Crippen LogP contribution in [-0.4, -0.2) is 22.7 Å². The van der Waals surface area contributed by atoms with E-state index < -0.39 is 28.0 Å².